The normalized spacial score (nSPS) is 10.9. The summed E-state index contributed by atoms with van der Waals surface area (Å²) in [6, 6.07) is 7.20. The third kappa shape index (κ3) is 4.45. The summed E-state index contributed by atoms with van der Waals surface area (Å²) in [4.78, 5) is 11.2. The molecule has 1 N–H and O–H groups in total. The van der Waals surface area contributed by atoms with Crippen LogP contribution in [0.4, 0.5) is 5.69 Å². The highest BCUT2D eigenvalue weighted by Crippen LogP contribution is 2.14. The Morgan fingerprint density at radius 1 is 1.63 bits per heavy atom. The molecule has 0 aliphatic carbocycles. The van der Waals surface area contributed by atoms with Crippen LogP contribution >= 0.6 is 0 Å². The third-order valence-electron chi connectivity index (χ3n) is 2.30. The molecule has 0 bridgehead atoms. The predicted octanol–water partition coefficient (Wildman–Crippen LogP) is 1.01. The molecule has 5 heteroatoms. The summed E-state index contributed by atoms with van der Waals surface area (Å²) >= 11 is 0. The molecule has 1 rings (SSSR count). The highest BCUT2D eigenvalue weighted by Gasteiger charge is 2.12. The van der Waals surface area contributed by atoms with E-state index in [4.69, 9.17) is 0 Å². The molecule has 5 nitrogen and oxygen atoms in total. The number of aliphatic hydroxyl groups excluding tert-OH is 1. The van der Waals surface area contributed by atoms with Crippen molar-refractivity contribution in [1.82, 2.24) is 0 Å². The lowest BCUT2D eigenvalue weighted by molar-refractivity contribution is -0.149. The molecule has 0 amide bonds. The zero-order valence-electron chi connectivity index (χ0n) is 11.0. The van der Waals surface area contributed by atoms with Gasteiger partial charge in [0.15, 0.2) is 0 Å². The number of hydrogen-bond acceptors (Lipinski definition) is 5. The number of anilines is 1. The van der Waals surface area contributed by atoms with Gasteiger partial charge in [-0.15, -0.1) is 0 Å². The number of carbonyl (C=O) groups is 1. The van der Waals surface area contributed by atoms with Gasteiger partial charge >= 0.3 is 5.97 Å². The van der Waals surface area contributed by atoms with Crippen molar-refractivity contribution in [2.24, 2.45) is 5.10 Å². The van der Waals surface area contributed by atoms with Gasteiger partial charge in [0.05, 0.1) is 12.3 Å². The van der Waals surface area contributed by atoms with Crippen molar-refractivity contribution < 1.29 is 14.6 Å². The van der Waals surface area contributed by atoms with Gasteiger partial charge in [-0.25, -0.2) is 4.79 Å². The fraction of sp³-hybridized carbons (Fsp3) is 0.286. The average molecular weight is 260 g/mol. The number of aliphatic hydroxyl groups is 1. The van der Waals surface area contributed by atoms with Crippen molar-refractivity contribution in [1.29, 1.82) is 0 Å². The van der Waals surface area contributed by atoms with Gasteiger partial charge in [0.2, 0.25) is 6.10 Å². The van der Waals surface area contributed by atoms with E-state index in [0.717, 1.165) is 5.69 Å². The zero-order chi connectivity index (χ0) is 14.3. The topological polar surface area (TPSA) is 62.1 Å². The number of rotatable bonds is 4. The Labute approximate surface area is 112 Å². The van der Waals surface area contributed by atoms with Crippen molar-refractivity contribution in [3.8, 4) is 11.8 Å². The molecule has 1 aromatic rings. The van der Waals surface area contributed by atoms with Crippen LogP contribution < -0.4 is 5.01 Å². The molecule has 1 atom stereocenters. The Bertz CT molecular complexity index is 517. The van der Waals surface area contributed by atoms with Gasteiger partial charge in [-0.2, -0.15) is 5.10 Å². The number of esters is 1. The minimum atomic E-state index is -1.43. The summed E-state index contributed by atoms with van der Waals surface area (Å²) in [5, 5.41) is 14.8. The van der Waals surface area contributed by atoms with Crippen LogP contribution in [0.15, 0.2) is 29.4 Å². The molecule has 19 heavy (non-hydrogen) atoms. The quantitative estimate of drug-likeness (QED) is 0.380. The van der Waals surface area contributed by atoms with Crippen LogP contribution in [-0.4, -0.2) is 37.6 Å². The lowest BCUT2D eigenvalue weighted by atomic mass is 10.2. The summed E-state index contributed by atoms with van der Waals surface area (Å²) in [6.07, 6.45) is -1.43. The van der Waals surface area contributed by atoms with Gasteiger partial charge in [-0.3, -0.25) is 5.01 Å². The summed E-state index contributed by atoms with van der Waals surface area (Å²) in [5.41, 5.74) is 1.48. The van der Waals surface area contributed by atoms with Crippen molar-refractivity contribution in [2.75, 3.05) is 18.7 Å². The van der Waals surface area contributed by atoms with E-state index < -0.39 is 12.1 Å². The van der Waals surface area contributed by atoms with E-state index in [1.165, 1.54) is 0 Å². The number of ether oxygens (including phenoxy) is 1. The summed E-state index contributed by atoms with van der Waals surface area (Å²) in [6.45, 7) is 5.30. The van der Waals surface area contributed by atoms with Gasteiger partial charge in [0.1, 0.15) is 0 Å². The van der Waals surface area contributed by atoms with Gasteiger partial charge in [-0.1, -0.05) is 17.9 Å². The van der Waals surface area contributed by atoms with E-state index in [-0.39, 0.29) is 6.61 Å². The van der Waals surface area contributed by atoms with Crippen LogP contribution in [0.25, 0.3) is 0 Å². The number of carbonyl (C=O) groups excluding carboxylic acids is 1. The molecule has 1 aromatic carbocycles. The lowest BCUT2D eigenvalue weighted by Gasteiger charge is -2.11. The highest BCUT2D eigenvalue weighted by atomic mass is 16.5. The van der Waals surface area contributed by atoms with Crippen LogP contribution in [0.1, 0.15) is 12.5 Å². The summed E-state index contributed by atoms with van der Waals surface area (Å²) in [7, 11) is 1.76. The van der Waals surface area contributed by atoms with Gasteiger partial charge in [0.25, 0.3) is 0 Å². The maximum absolute atomic E-state index is 11.2. The standard InChI is InChI=1S/C14H16N2O3/c1-4-19-14(18)13(17)9-8-11-6-5-7-12(10-11)16(3)15-2/h5-7,10,13,17H,2,4H2,1,3H3. The molecule has 0 fully saturated rings. The first-order valence-corrected chi connectivity index (χ1v) is 5.75. The Morgan fingerprint density at radius 3 is 3.00 bits per heavy atom. The Morgan fingerprint density at radius 2 is 2.37 bits per heavy atom. The maximum Gasteiger partial charge on any atom is 0.347 e. The molecular weight excluding hydrogens is 244 g/mol. The first-order chi connectivity index (χ1) is 9.08. The van der Waals surface area contributed by atoms with Crippen molar-refractivity contribution in [2.45, 2.75) is 13.0 Å². The fourth-order valence-electron chi connectivity index (χ4n) is 1.30. The highest BCUT2D eigenvalue weighted by molar-refractivity contribution is 5.78. The zero-order valence-corrected chi connectivity index (χ0v) is 11.0. The second-order valence-electron chi connectivity index (χ2n) is 3.64. The molecule has 0 aliphatic rings. The van der Waals surface area contributed by atoms with E-state index in [1.54, 1.807) is 37.2 Å². The predicted molar refractivity (Wildman–Crippen MR) is 73.9 cm³/mol. The van der Waals surface area contributed by atoms with Crippen LogP contribution in [0.3, 0.4) is 0 Å². The maximum atomic E-state index is 11.2. The SMILES string of the molecule is C=NN(C)c1cccc(C#CC(O)C(=O)OCC)c1. The third-order valence-corrected chi connectivity index (χ3v) is 2.30. The largest absolute Gasteiger partial charge is 0.463 e. The van der Waals surface area contributed by atoms with Gasteiger partial charge in [-0.05, 0) is 25.1 Å². The van der Waals surface area contributed by atoms with Crippen LogP contribution in [-0.2, 0) is 9.53 Å². The minimum absolute atomic E-state index is 0.211. The molecule has 1 unspecified atom stereocenters. The van der Waals surface area contributed by atoms with E-state index in [1.807, 2.05) is 6.07 Å². The van der Waals surface area contributed by atoms with Crippen LogP contribution in [0, 0.1) is 11.8 Å². The summed E-state index contributed by atoms with van der Waals surface area (Å²) < 4.78 is 4.65. The fourth-order valence-corrected chi connectivity index (χ4v) is 1.30. The van der Waals surface area contributed by atoms with E-state index in [0.29, 0.717) is 5.56 Å². The molecule has 0 aliphatic heterocycles. The lowest BCUT2D eigenvalue weighted by Crippen LogP contribution is -2.21. The van der Waals surface area contributed by atoms with Crippen molar-refractivity contribution >= 4 is 18.4 Å². The Kier molecular flexibility index (Phi) is 5.58. The molecule has 0 spiro atoms. The molecule has 0 radical (unpaired) electrons. The Hall–Kier alpha value is -2.32. The van der Waals surface area contributed by atoms with Gasteiger partial charge < -0.3 is 9.84 Å². The number of hydrazone groups is 1. The summed E-state index contributed by atoms with van der Waals surface area (Å²) in [5.74, 6) is 4.41. The van der Waals surface area contributed by atoms with Crippen LogP contribution in [0.2, 0.25) is 0 Å². The van der Waals surface area contributed by atoms with Gasteiger partial charge in [0, 0.05) is 19.3 Å². The number of nitrogens with zero attached hydrogens (tertiary/aromatic N) is 2. The average Bonchev–Trinajstić information content (AvgIpc) is 2.44. The molecule has 0 heterocycles. The monoisotopic (exact) mass is 260 g/mol. The number of benzene rings is 1. The second kappa shape index (κ2) is 7.19. The van der Waals surface area contributed by atoms with Crippen LogP contribution in [0.5, 0.6) is 0 Å². The van der Waals surface area contributed by atoms with Crippen molar-refractivity contribution in [3.05, 3.63) is 29.8 Å². The first kappa shape index (κ1) is 14.7. The van der Waals surface area contributed by atoms with E-state index in [9.17, 15) is 9.90 Å². The molecule has 100 valence electrons. The molecule has 0 saturated carbocycles. The smallest absolute Gasteiger partial charge is 0.347 e. The molecule has 0 saturated heterocycles. The molecule has 0 aromatic heterocycles. The van der Waals surface area contributed by atoms with E-state index in [2.05, 4.69) is 28.4 Å². The second-order valence-corrected chi connectivity index (χ2v) is 3.64. The number of hydrogen-bond donors (Lipinski definition) is 1. The van der Waals surface area contributed by atoms with Crippen molar-refractivity contribution in [3.63, 3.8) is 0 Å². The Balaban J connectivity index is 2.83. The molecular formula is C14H16N2O3. The minimum Gasteiger partial charge on any atom is -0.463 e. The van der Waals surface area contributed by atoms with E-state index >= 15 is 0 Å². The first-order valence-electron chi connectivity index (χ1n) is 5.75.